The SMILES string of the molecule is C1=CC2C=CC(C3N=C(c4ccccc4)NC(c4ccc(-c5ccc6c(c5)C5c7c(oc8ccccc78)C=CC5C=C6)c5ccccc45)=N3)=CC2C=C1. The zero-order valence-corrected chi connectivity index (χ0v) is 28.9. The largest absolute Gasteiger partial charge is 0.456 e. The third-order valence-corrected chi connectivity index (χ3v) is 11.4. The molecule has 5 aromatic carbocycles. The number of hydrogen-bond acceptors (Lipinski definition) is 4. The lowest BCUT2D eigenvalue weighted by Gasteiger charge is -2.31. The van der Waals surface area contributed by atoms with Gasteiger partial charge in [-0.1, -0.05) is 158 Å². The van der Waals surface area contributed by atoms with Crippen LogP contribution in [0.25, 0.3) is 45.0 Å². The molecule has 0 saturated heterocycles. The number of benzene rings is 5. The van der Waals surface area contributed by atoms with E-state index < -0.39 is 0 Å². The van der Waals surface area contributed by atoms with E-state index in [1.807, 2.05) is 6.07 Å². The average Bonchev–Trinajstić information content (AvgIpc) is 3.62. The maximum Gasteiger partial charge on any atom is 0.169 e. The van der Waals surface area contributed by atoms with Gasteiger partial charge in [-0.2, -0.15) is 0 Å². The molecule has 0 radical (unpaired) electrons. The lowest BCUT2D eigenvalue weighted by atomic mass is 9.71. The predicted octanol–water partition coefficient (Wildman–Crippen LogP) is 11.0. The van der Waals surface area contributed by atoms with E-state index in [9.17, 15) is 0 Å². The normalized spacial score (nSPS) is 23.4. The maximum absolute atomic E-state index is 6.35. The summed E-state index contributed by atoms with van der Waals surface area (Å²) in [5.74, 6) is 3.79. The number of nitrogens with zero attached hydrogens (tertiary/aromatic N) is 2. The van der Waals surface area contributed by atoms with Gasteiger partial charge in [0.2, 0.25) is 0 Å². The number of hydrogen-bond donors (Lipinski definition) is 1. The van der Waals surface area contributed by atoms with Crippen LogP contribution < -0.4 is 5.32 Å². The molecule has 53 heavy (non-hydrogen) atoms. The van der Waals surface area contributed by atoms with Gasteiger partial charge in [-0.25, -0.2) is 9.98 Å². The summed E-state index contributed by atoms with van der Waals surface area (Å²) in [6.07, 6.45) is 24.4. The Morgan fingerprint density at radius 2 is 1.26 bits per heavy atom. The Morgan fingerprint density at radius 1 is 0.547 bits per heavy atom. The van der Waals surface area contributed by atoms with Crippen molar-refractivity contribution >= 4 is 45.6 Å². The van der Waals surface area contributed by atoms with Crippen molar-refractivity contribution in [2.45, 2.75) is 12.1 Å². The highest BCUT2D eigenvalue weighted by Gasteiger charge is 2.34. The van der Waals surface area contributed by atoms with Crippen LogP contribution in [0.15, 0.2) is 184 Å². The molecule has 0 saturated carbocycles. The van der Waals surface area contributed by atoms with E-state index in [4.69, 9.17) is 14.4 Å². The fourth-order valence-electron chi connectivity index (χ4n) is 8.86. The lowest BCUT2D eigenvalue weighted by molar-refractivity contribution is 0.574. The van der Waals surface area contributed by atoms with E-state index in [1.165, 1.54) is 38.6 Å². The van der Waals surface area contributed by atoms with Crippen LogP contribution in [0.1, 0.15) is 39.5 Å². The second kappa shape index (κ2) is 12.0. The Bertz CT molecular complexity index is 2730. The quantitative estimate of drug-likeness (QED) is 0.201. The fraction of sp³-hybridized carbons (Fsp3) is 0.102. The van der Waals surface area contributed by atoms with Crippen molar-refractivity contribution in [1.82, 2.24) is 5.32 Å². The van der Waals surface area contributed by atoms with Crippen molar-refractivity contribution in [3.05, 3.63) is 203 Å². The average molecular weight is 682 g/mol. The van der Waals surface area contributed by atoms with Gasteiger partial charge in [0, 0.05) is 45.7 Å². The zero-order chi connectivity index (χ0) is 34.9. The summed E-state index contributed by atoms with van der Waals surface area (Å²) in [4.78, 5) is 10.5. The number of para-hydroxylation sites is 1. The van der Waals surface area contributed by atoms with Gasteiger partial charge < -0.3 is 9.73 Å². The molecule has 5 unspecified atom stereocenters. The summed E-state index contributed by atoms with van der Waals surface area (Å²) in [6, 6.07) is 39.0. The van der Waals surface area contributed by atoms with E-state index in [2.05, 4.69) is 175 Å². The fourth-order valence-corrected chi connectivity index (χ4v) is 8.86. The summed E-state index contributed by atoms with van der Waals surface area (Å²) < 4.78 is 6.35. The van der Waals surface area contributed by atoms with Crippen LogP contribution in [-0.2, 0) is 0 Å². The molecule has 5 aliphatic rings. The van der Waals surface area contributed by atoms with Gasteiger partial charge in [0.25, 0.3) is 0 Å². The Hall–Kier alpha value is -6.52. The molecular formula is C49H35N3O. The zero-order valence-electron chi connectivity index (χ0n) is 28.9. The molecule has 0 bridgehead atoms. The molecule has 4 aliphatic carbocycles. The highest BCUT2D eigenvalue weighted by atomic mass is 16.3. The van der Waals surface area contributed by atoms with Gasteiger partial charge in [0.15, 0.2) is 6.17 Å². The van der Waals surface area contributed by atoms with Crippen LogP contribution in [0.5, 0.6) is 0 Å². The van der Waals surface area contributed by atoms with Crippen LogP contribution in [0.4, 0.5) is 0 Å². The number of amidine groups is 2. The predicted molar refractivity (Wildman–Crippen MR) is 218 cm³/mol. The summed E-state index contributed by atoms with van der Waals surface area (Å²) >= 11 is 0. The minimum absolute atomic E-state index is 0.191. The Labute approximate surface area is 308 Å². The number of nitrogens with one attached hydrogen (secondary N) is 1. The summed E-state index contributed by atoms with van der Waals surface area (Å²) in [6.45, 7) is 0. The standard InChI is InChI=1S/C49H35N3O/c1-2-11-33(12-3-1)47-50-48(36-23-18-30-10-4-5-13-34(30)28-36)52-49(51-47)40-26-25-37(38-14-6-7-15-39(38)40)35-22-20-31-19-21-32-24-27-44-46(45(32)42(31)29-35)41-16-8-9-17-43(41)53-44/h1-30,32,34,45,48H,(H,50,51,52). The topological polar surface area (TPSA) is 49.9 Å². The molecule has 0 fully saturated rings. The summed E-state index contributed by atoms with van der Waals surface area (Å²) in [5.41, 5.74) is 10.5. The Kier molecular flexibility index (Phi) is 6.84. The van der Waals surface area contributed by atoms with Crippen molar-refractivity contribution in [2.24, 2.45) is 27.7 Å². The number of aliphatic imine (C=N–C) groups is 2. The molecule has 1 N–H and O–H groups in total. The maximum atomic E-state index is 6.35. The van der Waals surface area contributed by atoms with E-state index in [1.54, 1.807) is 0 Å². The van der Waals surface area contributed by atoms with Crippen LogP contribution in [0.2, 0.25) is 0 Å². The number of fused-ring (bicyclic) bond motifs is 9. The van der Waals surface area contributed by atoms with Crippen molar-refractivity contribution in [3.63, 3.8) is 0 Å². The van der Waals surface area contributed by atoms with Gasteiger partial charge in [-0.3, -0.25) is 0 Å². The second-order valence-corrected chi connectivity index (χ2v) is 14.5. The van der Waals surface area contributed by atoms with Crippen LogP contribution in [0.3, 0.4) is 0 Å². The highest BCUT2D eigenvalue weighted by Crippen LogP contribution is 2.49. The second-order valence-electron chi connectivity index (χ2n) is 14.5. The molecular weight excluding hydrogens is 647 g/mol. The molecule has 5 atom stereocenters. The van der Waals surface area contributed by atoms with Gasteiger partial charge in [0.05, 0.1) is 0 Å². The molecule has 4 nitrogen and oxygen atoms in total. The van der Waals surface area contributed by atoms with Gasteiger partial charge >= 0.3 is 0 Å². The molecule has 0 spiro atoms. The molecule has 4 heteroatoms. The van der Waals surface area contributed by atoms with Crippen LogP contribution >= 0.6 is 0 Å². The minimum atomic E-state index is -0.355. The molecule has 1 aromatic heterocycles. The number of furan rings is 1. The first kappa shape index (κ1) is 30.1. The molecule has 6 aromatic rings. The monoisotopic (exact) mass is 681 g/mol. The van der Waals surface area contributed by atoms with Crippen molar-refractivity contribution in [1.29, 1.82) is 0 Å². The first-order valence-corrected chi connectivity index (χ1v) is 18.5. The molecule has 0 amide bonds. The van der Waals surface area contributed by atoms with E-state index >= 15 is 0 Å². The molecule has 11 rings (SSSR count). The minimum Gasteiger partial charge on any atom is -0.456 e. The smallest absolute Gasteiger partial charge is 0.169 e. The van der Waals surface area contributed by atoms with Crippen molar-refractivity contribution in [3.8, 4) is 11.1 Å². The van der Waals surface area contributed by atoms with E-state index in [-0.39, 0.29) is 18.0 Å². The molecule has 1 aliphatic heterocycles. The Morgan fingerprint density at radius 3 is 2.15 bits per heavy atom. The van der Waals surface area contributed by atoms with Crippen LogP contribution in [-0.4, -0.2) is 17.8 Å². The first-order valence-electron chi connectivity index (χ1n) is 18.5. The summed E-state index contributed by atoms with van der Waals surface area (Å²) in [7, 11) is 0. The summed E-state index contributed by atoms with van der Waals surface area (Å²) in [5, 5.41) is 7.20. The van der Waals surface area contributed by atoms with E-state index in [0.717, 1.165) is 45.1 Å². The lowest BCUT2D eigenvalue weighted by Crippen LogP contribution is -2.38. The molecule has 2 heterocycles. The van der Waals surface area contributed by atoms with Gasteiger partial charge in [0.1, 0.15) is 23.0 Å². The van der Waals surface area contributed by atoms with Gasteiger partial charge in [-0.15, -0.1) is 0 Å². The van der Waals surface area contributed by atoms with E-state index in [0.29, 0.717) is 11.8 Å². The third kappa shape index (κ3) is 4.97. The van der Waals surface area contributed by atoms with Gasteiger partial charge in [-0.05, 0) is 56.8 Å². The first-order chi connectivity index (χ1) is 26.2. The van der Waals surface area contributed by atoms with Crippen LogP contribution in [0, 0.1) is 17.8 Å². The number of rotatable bonds is 4. The number of allylic oxidation sites excluding steroid dienone is 8. The van der Waals surface area contributed by atoms with Crippen molar-refractivity contribution in [2.75, 3.05) is 0 Å². The molecule has 252 valence electrons. The van der Waals surface area contributed by atoms with Crippen molar-refractivity contribution < 1.29 is 4.42 Å². The Balaban J connectivity index is 1.02. The highest BCUT2D eigenvalue weighted by molar-refractivity contribution is 6.21. The third-order valence-electron chi connectivity index (χ3n) is 11.4.